The van der Waals surface area contributed by atoms with Crippen molar-refractivity contribution in [3.8, 4) is 28.6 Å². The first kappa shape index (κ1) is 30.2. The quantitative estimate of drug-likeness (QED) is 0.182. The van der Waals surface area contributed by atoms with Crippen LogP contribution in [0.2, 0.25) is 0 Å². The minimum Gasteiger partial charge on any atom is -0.457 e. The van der Waals surface area contributed by atoms with Crippen LogP contribution in [0, 0.1) is 0 Å². The van der Waals surface area contributed by atoms with Crippen LogP contribution >= 0.6 is 0 Å². The standard InChI is InChI=1S/C46H35N5O/c1-46(2)35-24-23-33(52-32-17-13-14-30(28-32)45-48-37-19-8-10-21-39(37)49(45)3)29-41(35)51(42-22-11-12-27-47-42)44-36(46)25-26-40-43(44)34-18-7-9-20-38(34)50(40)31-15-5-4-6-16-31/h4-29H,1-3H3. The molecule has 0 aliphatic carbocycles. The van der Waals surface area contributed by atoms with E-state index in [0.717, 1.165) is 62.3 Å². The number of nitrogens with zero attached hydrogens (tertiary/aromatic N) is 5. The van der Waals surface area contributed by atoms with Gasteiger partial charge in [0.15, 0.2) is 0 Å². The number of ether oxygens (including phenoxy) is 1. The highest BCUT2D eigenvalue weighted by Crippen LogP contribution is 2.56. The van der Waals surface area contributed by atoms with Gasteiger partial charge in [-0.05, 0) is 77.9 Å². The van der Waals surface area contributed by atoms with Crippen molar-refractivity contribution in [2.75, 3.05) is 4.90 Å². The molecule has 0 N–H and O–H groups in total. The van der Waals surface area contributed by atoms with Crippen molar-refractivity contribution in [1.82, 2.24) is 19.1 Å². The van der Waals surface area contributed by atoms with E-state index in [1.54, 1.807) is 0 Å². The third kappa shape index (κ3) is 4.50. The van der Waals surface area contributed by atoms with Crippen molar-refractivity contribution in [1.29, 1.82) is 0 Å². The molecule has 0 spiro atoms. The summed E-state index contributed by atoms with van der Waals surface area (Å²) in [6, 6.07) is 52.9. The highest BCUT2D eigenvalue weighted by atomic mass is 16.5. The minimum atomic E-state index is -0.307. The third-order valence-corrected chi connectivity index (χ3v) is 10.6. The van der Waals surface area contributed by atoms with Gasteiger partial charge in [-0.1, -0.05) is 92.7 Å². The number of aromatic nitrogens is 4. The molecule has 0 bridgehead atoms. The summed E-state index contributed by atoms with van der Waals surface area (Å²) >= 11 is 0. The molecule has 1 aliphatic rings. The topological polar surface area (TPSA) is 48.1 Å². The van der Waals surface area contributed by atoms with Crippen LogP contribution in [0.1, 0.15) is 25.0 Å². The van der Waals surface area contributed by atoms with Crippen molar-refractivity contribution >= 4 is 50.0 Å². The van der Waals surface area contributed by atoms with Gasteiger partial charge >= 0.3 is 0 Å². The number of pyridine rings is 1. The van der Waals surface area contributed by atoms with E-state index >= 15 is 0 Å². The van der Waals surface area contributed by atoms with Crippen LogP contribution in [0.25, 0.3) is 49.9 Å². The summed E-state index contributed by atoms with van der Waals surface area (Å²) in [5.74, 6) is 3.25. The van der Waals surface area contributed by atoms with Crippen LogP contribution in [0.5, 0.6) is 11.5 Å². The Labute approximate surface area is 301 Å². The summed E-state index contributed by atoms with van der Waals surface area (Å²) in [6.07, 6.45) is 1.87. The van der Waals surface area contributed by atoms with Crippen molar-refractivity contribution in [2.24, 2.45) is 7.05 Å². The number of fused-ring (bicyclic) bond motifs is 7. The monoisotopic (exact) mass is 673 g/mol. The van der Waals surface area contributed by atoms with Gasteiger partial charge in [0.25, 0.3) is 0 Å². The molecule has 0 fully saturated rings. The number of imidazole rings is 1. The van der Waals surface area contributed by atoms with Crippen molar-refractivity contribution < 1.29 is 4.74 Å². The highest BCUT2D eigenvalue weighted by molar-refractivity contribution is 6.18. The zero-order valence-electron chi connectivity index (χ0n) is 29.2. The van der Waals surface area contributed by atoms with Crippen LogP contribution in [-0.2, 0) is 12.5 Å². The van der Waals surface area contributed by atoms with Crippen LogP contribution in [0.4, 0.5) is 17.2 Å². The lowest BCUT2D eigenvalue weighted by atomic mass is 9.73. The van der Waals surface area contributed by atoms with Crippen molar-refractivity contribution in [3.63, 3.8) is 0 Å². The van der Waals surface area contributed by atoms with E-state index in [2.05, 4.69) is 150 Å². The Hall–Kier alpha value is -6.66. The molecule has 6 nitrogen and oxygen atoms in total. The summed E-state index contributed by atoms with van der Waals surface area (Å²) in [5, 5.41) is 2.40. The molecular formula is C46H35N5O. The molecule has 10 rings (SSSR count). The van der Waals surface area contributed by atoms with E-state index in [-0.39, 0.29) is 5.41 Å². The van der Waals surface area contributed by atoms with Crippen LogP contribution in [0.15, 0.2) is 158 Å². The second kappa shape index (κ2) is 11.4. The summed E-state index contributed by atoms with van der Waals surface area (Å²) in [4.78, 5) is 12.2. The molecule has 6 heteroatoms. The normalized spacial score (nSPS) is 13.4. The number of hydrogen-bond acceptors (Lipinski definition) is 4. The summed E-state index contributed by atoms with van der Waals surface area (Å²) < 4.78 is 11.2. The maximum atomic E-state index is 6.69. The molecule has 0 unspecified atom stereocenters. The van der Waals surface area contributed by atoms with E-state index in [0.29, 0.717) is 0 Å². The number of benzene rings is 6. The number of para-hydroxylation sites is 4. The molecule has 0 atom stereocenters. The fourth-order valence-corrected chi connectivity index (χ4v) is 8.15. The van der Waals surface area contributed by atoms with Crippen LogP contribution in [0.3, 0.4) is 0 Å². The molecular weight excluding hydrogens is 639 g/mol. The van der Waals surface area contributed by atoms with Crippen molar-refractivity contribution in [2.45, 2.75) is 19.3 Å². The Morgan fingerprint density at radius 3 is 2.19 bits per heavy atom. The molecule has 9 aromatic rings. The average Bonchev–Trinajstić information content (AvgIpc) is 3.70. The Morgan fingerprint density at radius 2 is 1.37 bits per heavy atom. The predicted molar refractivity (Wildman–Crippen MR) is 212 cm³/mol. The maximum absolute atomic E-state index is 6.69. The average molecular weight is 674 g/mol. The molecule has 0 amide bonds. The highest BCUT2D eigenvalue weighted by Gasteiger charge is 2.39. The molecule has 4 heterocycles. The Bertz CT molecular complexity index is 2820. The van der Waals surface area contributed by atoms with E-state index in [1.165, 1.54) is 27.4 Å². The van der Waals surface area contributed by atoms with Gasteiger partial charge in [-0.15, -0.1) is 0 Å². The van der Waals surface area contributed by atoms with Gasteiger partial charge in [0.05, 0.1) is 33.4 Å². The van der Waals surface area contributed by atoms with Gasteiger partial charge in [0.2, 0.25) is 0 Å². The Balaban J connectivity index is 1.16. The number of aryl methyl sites for hydroxylation is 1. The predicted octanol–water partition coefficient (Wildman–Crippen LogP) is 11.6. The largest absolute Gasteiger partial charge is 0.457 e. The first-order valence-corrected chi connectivity index (χ1v) is 17.6. The van der Waals surface area contributed by atoms with Crippen LogP contribution in [-0.4, -0.2) is 19.1 Å². The molecule has 250 valence electrons. The summed E-state index contributed by atoms with van der Waals surface area (Å²) in [7, 11) is 2.06. The van der Waals surface area contributed by atoms with Gasteiger partial charge in [0.1, 0.15) is 23.1 Å². The smallest absolute Gasteiger partial charge is 0.140 e. The summed E-state index contributed by atoms with van der Waals surface area (Å²) in [5.41, 5.74) is 10.8. The maximum Gasteiger partial charge on any atom is 0.140 e. The zero-order valence-corrected chi connectivity index (χ0v) is 29.2. The molecule has 0 saturated carbocycles. The third-order valence-electron chi connectivity index (χ3n) is 10.6. The molecule has 6 aromatic carbocycles. The molecule has 52 heavy (non-hydrogen) atoms. The number of rotatable bonds is 5. The lowest BCUT2D eigenvalue weighted by Gasteiger charge is -2.42. The van der Waals surface area contributed by atoms with Crippen LogP contribution < -0.4 is 9.64 Å². The van der Waals surface area contributed by atoms with Gasteiger partial charge in [-0.3, -0.25) is 4.90 Å². The fourth-order valence-electron chi connectivity index (χ4n) is 8.15. The molecule has 3 aromatic heterocycles. The van der Waals surface area contributed by atoms with Gasteiger partial charge in [-0.2, -0.15) is 0 Å². The fraction of sp³-hybridized carbons (Fsp3) is 0.0870. The summed E-state index contributed by atoms with van der Waals surface area (Å²) in [6.45, 7) is 4.65. The molecule has 0 radical (unpaired) electrons. The van der Waals surface area contributed by atoms with E-state index in [1.807, 2.05) is 42.6 Å². The van der Waals surface area contributed by atoms with E-state index in [9.17, 15) is 0 Å². The second-order valence-corrected chi connectivity index (χ2v) is 14.0. The lowest BCUT2D eigenvalue weighted by Crippen LogP contribution is -2.31. The lowest BCUT2D eigenvalue weighted by molar-refractivity contribution is 0.482. The van der Waals surface area contributed by atoms with Gasteiger partial charge < -0.3 is 13.9 Å². The van der Waals surface area contributed by atoms with E-state index < -0.39 is 0 Å². The number of hydrogen-bond donors (Lipinski definition) is 0. The first-order valence-electron chi connectivity index (χ1n) is 17.6. The van der Waals surface area contributed by atoms with Crippen molar-refractivity contribution in [3.05, 3.63) is 169 Å². The molecule has 0 saturated heterocycles. The SMILES string of the molecule is Cn1c(-c2cccc(Oc3ccc4c(c3)N(c3ccccn3)c3c(ccc5c3c3ccccc3n5-c3ccccc3)C4(C)C)c2)nc2ccccc21. The minimum absolute atomic E-state index is 0.307. The Morgan fingerprint density at radius 1 is 0.615 bits per heavy atom. The van der Waals surface area contributed by atoms with E-state index in [4.69, 9.17) is 14.7 Å². The second-order valence-electron chi connectivity index (χ2n) is 14.0. The first-order chi connectivity index (χ1) is 25.5. The molecule has 1 aliphatic heterocycles. The number of anilines is 3. The van der Waals surface area contributed by atoms with Gasteiger partial charge in [0, 0.05) is 46.7 Å². The zero-order chi connectivity index (χ0) is 35.0. The van der Waals surface area contributed by atoms with Gasteiger partial charge in [-0.25, -0.2) is 9.97 Å². The Kier molecular flexibility index (Phi) is 6.64.